The van der Waals surface area contributed by atoms with Gasteiger partial charge in [0.05, 0.1) is 6.42 Å². The predicted octanol–water partition coefficient (Wildman–Crippen LogP) is 5.06. The minimum Gasteiger partial charge on any atom is -0.329 e. The summed E-state index contributed by atoms with van der Waals surface area (Å²) < 4.78 is 0. The van der Waals surface area contributed by atoms with E-state index in [4.69, 9.17) is 0 Å². The van der Waals surface area contributed by atoms with Crippen LogP contribution < -0.4 is 10.6 Å². The number of nitrogens with zero attached hydrogens (tertiary/aromatic N) is 3. The monoisotopic (exact) mass is 605 g/mol. The fourth-order valence-electron chi connectivity index (χ4n) is 4.22. The summed E-state index contributed by atoms with van der Waals surface area (Å²) in [6, 6.07) is 17.7. The molecular formula is C36H39N5O4. The Balaban J connectivity index is 0.00000169. The van der Waals surface area contributed by atoms with E-state index in [0.29, 0.717) is 24.3 Å². The zero-order valence-electron chi connectivity index (χ0n) is 25.6. The molecule has 0 fully saturated rings. The number of carbonyl (C=O) groups excluding carboxylic acids is 4. The Bertz CT molecular complexity index is 1480. The number of aromatic nitrogens is 1. The van der Waals surface area contributed by atoms with Gasteiger partial charge >= 0.3 is 0 Å². The molecule has 0 spiro atoms. The summed E-state index contributed by atoms with van der Waals surface area (Å²) in [7, 11) is 0. The van der Waals surface area contributed by atoms with Gasteiger partial charge in [0.15, 0.2) is 0 Å². The van der Waals surface area contributed by atoms with E-state index in [2.05, 4.69) is 35.0 Å². The van der Waals surface area contributed by atoms with Crippen molar-refractivity contribution in [3.05, 3.63) is 115 Å². The molecule has 1 aliphatic heterocycles. The van der Waals surface area contributed by atoms with E-state index in [1.54, 1.807) is 67.0 Å². The molecule has 1 aromatic heterocycles. The van der Waals surface area contributed by atoms with Crippen LogP contribution in [0.15, 0.2) is 97.9 Å². The van der Waals surface area contributed by atoms with E-state index in [1.165, 1.54) is 9.80 Å². The van der Waals surface area contributed by atoms with Gasteiger partial charge in [0.1, 0.15) is 12.6 Å². The van der Waals surface area contributed by atoms with Gasteiger partial charge in [-0.25, -0.2) is 0 Å². The van der Waals surface area contributed by atoms with Crippen LogP contribution in [0.2, 0.25) is 0 Å². The Hall–Kier alpha value is -5.75. The SMILES string of the molecule is C#C.C=CCN(CC(=O)Nc1ccc(/C=C/c2ccc(NC(=O)[C@@H]3C=CCN3C=O)cc2)cc1)C(=O)Cc1ccncc1.CC. The second kappa shape index (κ2) is 19.4. The number of anilines is 2. The van der Waals surface area contributed by atoms with Gasteiger partial charge in [-0.3, -0.25) is 24.2 Å². The molecule has 232 valence electrons. The molecule has 0 radical (unpaired) electrons. The van der Waals surface area contributed by atoms with Crippen molar-refractivity contribution in [2.24, 2.45) is 0 Å². The van der Waals surface area contributed by atoms with E-state index < -0.39 is 6.04 Å². The number of rotatable bonds is 12. The van der Waals surface area contributed by atoms with Gasteiger partial charge in [-0.2, -0.15) is 0 Å². The lowest BCUT2D eigenvalue weighted by atomic mass is 10.1. The average Bonchev–Trinajstić information content (AvgIpc) is 3.57. The van der Waals surface area contributed by atoms with Gasteiger partial charge in [-0.1, -0.05) is 68.5 Å². The largest absolute Gasteiger partial charge is 0.329 e. The molecule has 4 rings (SSSR count). The first kappa shape index (κ1) is 35.4. The summed E-state index contributed by atoms with van der Waals surface area (Å²) in [6.07, 6.45) is 21.1. The lowest BCUT2D eigenvalue weighted by Gasteiger charge is -2.20. The van der Waals surface area contributed by atoms with Crippen molar-refractivity contribution >= 4 is 47.7 Å². The van der Waals surface area contributed by atoms with E-state index in [9.17, 15) is 19.2 Å². The molecule has 2 aromatic carbocycles. The van der Waals surface area contributed by atoms with E-state index in [-0.39, 0.29) is 37.2 Å². The van der Waals surface area contributed by atoms with Crippen molar-refractivity contribution < 1.29 is 19.2 Å². The fraction of sp³-hybridized carbons (Fsp3) is 0.194. The van der Waals surface area contributed by atoms with Crippen molar-refractivity contribution in [2.45, 2.75) is 26.3 Å². The standard InChI is InChI=1S/C32H31N5O4.C2H6.C2H2/c1-2-19-36(31(40)21-26-15-17-33-18-16-26)22-30(39)34-27-11-7-24(8-12-27)5-6-25-9-13-28(14-10-25)35-32(41)29-4-3-20-37(29)23-38;2*1-2/h2-18,23,29H,1,19-22H2,(H,34,39)(H,35,41);1-2H3;1-2H/b6-5+;;/t29-;;/m0../s1. The average molecular weight is 606 g/mol. The summed E-state index contributed by atoms with van der Waals surface area (Å²) in [4.78, 5) is 55.7. The highest BCUT2D eigenvalue weighted by Gasteiger charge is 2.25. The van der Waals surface area contributed by atoms with Crippen molar-refractivity contribution in [2.75, 3.05) is 30.3 Å². The molecule has 4 amide bonds. The summed E-state index contributed by atoms with van der Waals surface area (Å²) in [5.41, 5.74) is 3.97. The molecule has 1 aliphatic rings. The highest BCUT2D eigenvalue weighted by Crippen LogP contribution is 2.17. The van der Waals surface area contributed by atoms with Crippen LogP contribution in [0, 0.1) is 12.8 Å². The van der Waals surface area contributed by atoms with Crippen molar-refractivity contribution in [3.8, 4) is 12.8 Å². The first-order chi connectivity index (χ1) is 21.9. The fourth-order valence-corrected chi connectivity index (χ4v) is 4.22. The highest BCUT2D eigenvalue weighted by molar-refractivity contribution is 5.98. The number of amides is 4. The molecule has 0 aliphatic carbocycles. The molecule has 2 heterocycles. The molecule has 0 unspecified atom stereocenters. The molecule has 1 atom stereocenters. The van der Waals surface area contributed by atoms with E-state index >= 15 is 0 Å². The van der Waals surface area contributed by atoms with Crippen LogP contribution in [-0.4, -0.2) is 64.6 Å². The third-order valence-electron chi connectivity index (χ3n) is 6.38. The number of benzene rings is 2. The lowest BCUT2D eigenvalue weighted by molar-refractivity contribution is -0.133. The summed E-state index contributed by atoms with van der Waals surface area (Å²) in [5, 5.41) is 5.67. The van der Waals surface area contributed by atoms with E-state index in [1.807, 2.05) is 50.3 Å². The second-order valence-corrected chi connectivity index (χ2v) is 9.39. The maximum absolute atomic E-state index is 12.7. The maximum atomic E-state index is 12.7. The molecule has 9 heteroatoms. The van der Waals surface area contributed by atoms with Crippen LogP contribution >= 0.6 is 0 Å². The zero-order valence-corrected chi connectivity index (χ0v) is 25.6. The Kier molecular flexibility index (Phi) is 15.3. The minimum absolute atomic E-state index is 0.0826. The Labute approximate surface area is 265 Å². The number of carbonyl (C=O) groups is 4. The van der Waals surface area contributed by atoms with Gasteiger partial charge < -0.3 is 20.4 Å². The summed E-state index contributed by atoms with van der Waals surface area (Å²) in [6.45, 7) is 8.31. The van der Waals surface area contributed by atoms with Gasteiger partial charge in [-0.05, 0) is 53.1 Å². The van der Waals surface area contributed by atoms with Crippen LogP contribution in [0.1, 0.15) is 30.5 Å². The number of terminal acetylenes is 1. The third kappa shape index (κ3) is 11.5. The Morgan fingerprint density at radius 3 is 2.02 bits per heavy atom. The van der Waals surface area contributed by atoms with E-state index in [0.717, 1.165) is 16.7 Å². The minimum atomic E-state index is -0.592. The van der Waals surface area contributed by atoms with Crippen molar-refractivity contribution in [1.29, 1.82) is 0 Å². The smallest absolute Gasteiger partial charge is 0.251 e. The number of hydrogen-bond acceptors (Lipinski definition) is 5. The third-order valence-corrected chi connectivity index (χ3v) is 6.38. The molecular weight excluding hydrogens is 566 g/mol. The maximum Gasteiger partial charge on any atom is 0.251 e. The Morgan fingerprint density at radius 2 is 1.49 bits per heavy atom. The van der Waals surface area contributed by atoms with Crippen LogP contribution in [0.3, 0.4) is 0 Å². The number of pyridine rings is 1. The highest BCUT2D eigenvalue weighted by atomic mass is 16.2. The van der Waals surface area contributed by atoms with Gasteiger partial charge in [0.2, 0.25) is 18.2 Å². The molecule has 0 saturated carbocycles. The topological polar surface area (TPSA) is 112 Å². The number of nitrogens with one attached hydrogen (secondary N) is 2. The van der Waals surface area contributed by atoms with Crippen molar-refractivity contribution in [1.82, 2.24) is 14.8 Å². The predicted molar refractivity (Wildman–Crippen MR) is 181 cm³/mol. The second-order valence-electron chi connectivity index (χ2n) is 9.39. The van der Waals surface area contributed by atoms with Crippen LogP contribution in [0.4, 0.5) is 11.4 Å². The first-order valence-electron chi connectivity index (χ1n) is 14.4. The van der Waals surface area contributed by atoms with Crippen LogP contribution in [0.25, 0.3) is 12.2 Å². The molecule has 2 N–H and O–H groups in total. The molecule has 0 saturated heterocycles. The zero-order chi connectivity index (χ0) is 33.0. The van der Waals surface area contributed by atoms with Gasteiger partial charge in [-0.15, -0.1) is 19.4 Å². The number of hydrogen-bond donors (Lipinski definition) is 2. The van der Waals surface area contributed by atoms with Crippen molar-refractivity contribution in [3.63, 3.8) is 0 Å². The lowest BCUT2D eigenvalue weighted by Crippen LogP contribution is -2.39. The Morgan fingerprint density at radius 1 is 0.933 bits per heavy atom. The molecule has 45 heavy (non-hydrogen) atoms. The molecule has 9 nitrogen and oxygen atoms in total. The molecule has 0 bridgehead atoms. The van der Waals surface area contributed by atoms with Gasteiger partial charge in [0.25, 0.3) is 5.91 Å². The van der Waals surface area contributed by atoms with Crippen LogP contribution in [0.5, 0.6) is 0 Å². The quantitative estimate of drug-likeness (QED) is 0.130. The molecule has 3 aromatic rings. The van der Waals surface area contributed by atoms with Gasteiger partial charge in [0, 0.05) is 36.9 Å². The van der Waals surface area contributed by atoms with Crippen LogP contribution in [-0.2, 0) is 25.6 Å². The normalized spacial score (nSPS) is 13.0. The summed E-state index contributed by atoms with van der Waals surface area (Å²) >= 11 is 0. The first-order valence-corrected chi connectivity index (χ1v) is 14.4. The summed E-state index contributed by atoms with van der Waals surface area (Å²) in [5.74, 6) is -0.725.